The molecule has 0 amide bonds. The molecule has 118 valence electrons. The smallest absolute Gasteiger partial charge is 0.189 e. The molecular weight excluding hydrogens is 356 g/mol. The lowest BCUT2D eigenvalue weighted by atomic mass is 10.3. The van der Waals surface area contributed by atoms with Gasteiger partial charge in [-0.25, -0.2) is 19.9 Å². The average molecular weight is 373 g/mol. The summed E-state index contributed by atoms with van der Waals surface area (Å²) >= 11 is 2.96. The molecule has 0 atom stereocenters. The highest BCUT2D eigenvalue weighted by Crippen LogP contribution is 2.32. The van der Waals surface area contributed by atoms with E-state index in [2.05, 4.69) is 19.9 Å². The fourth-order valence-corrected chi connectivity index (χ4v) is 4.26. The molecule has 22 heavy (non-hydrogen) atoms. The number of nitrogen functional groups attached to an aromatic ring is 2. The second-order valence-corrected chi connectivity index (χ2v) is 8.07. The lowest BCUT2D eigenvalue weighted by molar-refractivity contribution is 0.960. The van der Waals surface area contributed by atoms with Crippen molar-refractivity contribution in [2.75, 3.05) is 24.0 Å². The maximum Gasteiger partial charge on any atom is 0.189 e. The van der Waals surface area contributed by atoms with Crippen molar-refractivity contribution in [3.05, 3.63) is 23.5 Å². The topological polar surface area (TPSA) is 104 Å². The Labute approximate surface area is 145 Å². The van der Waals surface area contributed by atoms with E-state index in [4.69, 9.17) is 11.5 Å². The van der Waals surface area contributed by atoms with Crippen LogP contribution < -0.4 is 11.5 Å². The zero-order valence-corrected chi connectivity index (χ0v) is 15.4. The Kier molecular flexibility index (Phi) is 6.93. The highest BCUT2D eigenvalue weighted by molar-refractivity contribution is 8.76. The van der Waals surface area contributed by atoms with E-state index in [1.165, 1.54) is 23.5 Å². The van der Waals surface area contributed by atoms with Crippen molar-refractivity contribution in [1.29, 1.82) is 0 Å². The molecule has 0 radical (unpaired) electrons. The van der Waals surface area contributed by atoms with Crippen LogP contribution in [0.2, 0.25) is 0 Å². The summed E-state index contributed by atoms with van der Waals surface area (Å²) in [6.07, 6.45) is 7.42. The second-order valence-electron chi connectivity index (χ2n) is 4.06. The normalized spacial score (nSPS) is 10.8. The largest absolute Gasteiger partial charge is 0.383 e. The van der Waals surface area contributed by atoms with Gasteiger partial charge in [0.2, 0.25) is 0 Å². The van der Waals surface area contributed by atoms with Gasteiger partial charge in [0.05, 0.1) is 0 Å². The van der Waals surface area contributed by atoms with E-state index in [0.29, 0.717) is 21.9 Å². The zero-order chi connectivity index (χ0) is 15.9. The zero-order valence-electron chi connectivity index (χ0n) is 12.1. The van der Waals surface area contributed by atoms with Crippen LogP contribution in [0.25, 0.3) is 0 Å². The minimum absolute atomic E-state index is 0.541. The van der Waals surface area contributed by atoms with Crippen LogP contribution in [0.4, 0.5) is 11.6 Å². The van der Waals surface area contributed by atoms with Crippen molar-refractivity contribution in [3.8, 4) is 0 Å². The van der Waals surface area contributed by atoms with E-state index in [-0.39, 0.29) is 0 Å². The predicted octanol–water partition coefficient (Wildman–Crippen LogP) is 2.96. The lowest BCUT2D eigenvalue weighted by Gasteiger charge is -2.06. The molecule has 6 nitrogen and oxygen atoms in total. The third kappa shape index (κ3) is 4.83. The summed E-state index contributed by atoms with van der Waals surface area (Å²) in [5.74, 6) is 2.57. The standard InChI is InChI=1S/C12H16N6S4/c1-19-11-15-3-7(9(13)17-11)5-21-22-6-8-4-16-12(20-2)18-10(8)14/h3-4H,5-6H2,1-2H3,(H2,13,15,17)(H2,14,16,18). The first-order valence-corrected chi connectivity index (χ1v) is 11.1. The fraction of sp³-hybridized carbons (Fsp3) is 0.333. The summed E-state index contributed by atoms with van der Waals surface area (Å²) < 4.78 is 0. The van der Waals surface area contributed by atoms with Gasteiger partial charge in [0, 0.05) is 35.0 Å². The van der Waals surface area contributed by atoms with E-state index in [1.807, 2.05) is 12.5 Å². The highest BCUT2D eigenvalue weighted by atomic mass is 33.1. The predicted molar refractivity (Wildman–Crippen MR) is 99.0 cm³/mol. The number of anilines is 2. The Morgan fingerprint density at radius 2 is 1.23 bits per heavy atom. The van der Waals surface area contributed by atoms with Crippen LogP contribution in [0.3, 0.4) is 0 Å². The van der Waals surface area contributed by atoms with Crippen LogP contribution in [0.5, 0.6) is 0 Å². The minimum Gasteiger partial charge on any atom is -0.383 e. The molecule has 0 bridgehead atoms. The van der Waals surface area contributed by atoms with Crippen molar-refractivity contribution in [1.82, 2.24) is 19.9 Å². The quantitative estimate of drug-likeness (QED) is 0.326. The molecular formula is C12H16N6S4. The molecule has 2 aromatic heterocycles. The van der Waals surface area contributed by atoms with Crippen LogP contribution >= 0.6 is 45.1 Å². The van der Waals surface area contributed by atoms with E-state index in [0.717, 1.165) is 22.6 Å². The molecule has 0 aliphatic heterocycles. The second kappa shape index (κ2) is 8.70. The van der Waals surface area contributed by atoms with Gasteiger partial charge in [0.1, 0.15) is 11.6 Å². The molecule has 2 heterocycles. The van der Waals surface area contributed by atoms with Gasteiger partial charge in [-0.1, -0.05) is 45.1 Å². The van der Waals surface area contributed by atoms with Crippen LogP contribution in [0.1, 0.15) is 11.1 Å². The Morgan fingerprint density at radius 3 is 1.55 bits per heavy atom. The highest BCUT2D eigenvalue weighted by Gasteiger charge is 2.07. The van der Waals surface area contributed by atoms with Gasteiger partial charge in [0.25, 0.3) is 0 Å². The maximum atomic E-state index is 5.92. The van der Waals surface area contributed by atoms with Crippen molar-refractivity contribution >= 4 is 56.7 Å². The fourth-order valence-electron chi connectivity index (χ4n) is 1.44. The van der Waals surface area contributed by atoms with Gasteiger partial charge >= 0.3 is 0 Å². The van der Waals surface area contributed by atoms with Gasteiger partial charge in [-0.15, -0.1) is 0 Å². The van der Waals surface area contributed by atoms with Crippen LogP contribution in [0, 0.1) is 0 Å². The third-order valence-electron chi connectivity index (χ3n) is 2.63. The molecule has 2 rings (SSSR count). The van der Waals surface area contributed by atoms with Gasteiger partial charge in [-0.3, -0.25) is 0 Å². The van der Waals surface area contributed by atoms with E-state index in [1.54, 1.807) is 34.0 Å². The summed E-state index contributed by atoms with van der Waals surface area (Å²) in [4.78, 5) is 16.9. The number of nitrogens with zero attached hydrogens (tertiary/aromatic N) is 4. The van der Waals surface area contributed by atoms with E-state index >= 15 is 0 Å². The first-order valence-electron chi connectivity index (χ1n) is 6.19. The van der Waals surface area contributed by atoms with Gasteiger partial charge in [0.15, 0.2) is 10.3 Å². The molecule has 0 fully saturated rings. The van der Waals surface area contributed by atoms with Crippen LogP contribution in [-0.2, 0) is 11.5 Å². The first kappa shape index (κ1) is 17.5. The molecule has 0 spiro atoms. The lowest BCUT2D eigenvalue weighted by Crippen LogP contribution is -2.00. The SMILES string of the molecule is CSc1ncc(CSSCc2cnc(SC)nc2N)c(N)n1. The Morgan fingerprint density at radius 1 is 0.818 bits per heavy atom. The van der Waals surface area contributed by atoms with E-state index < -0.39 is 0 Å². The Bertz CT molecular complexity index is 584. The third-order valence-corrected chi connectivity index (χ3v) is 5.98. The van der Waals surface area contributed by atoms with Crippen LogP contribution in [-0.4, -0.2) is 32.4 Å². The Hall–Kier alpha value is -0.840. The number of hydrogen-bond acceptors (Lipinski definition) is 10. The van der Waals surface area contributed by atoms with Gasteiger partial charge in [-0.2, -0.15) is 0 Å². The summed E-state index contributed by atoms with van der Waals surface area (Å²) in [7, 11) is 3.36. The monoisotopic (exact) mass is 372 g/mol. The summed E-state index contributed by atoms with van der Waals surface area (Å²) in [5, 5.41) is 1.38. The van der Waals surface area contributed by atoms with Gasteiger partial charge in [-0.05, 0) is 12.5 Å². The van der Waals surface area contributed by atoms with Crippen molar-refractivity contribution in [3.63, 3.8) is 0 Å². The number of hydrogen-bond donors (Lipinski definition) is 2. The number of nitrogens with two attached hydrogens (primary N) is 2. The first-order chi connectivity index (χ1) is 10.6. The van der Waals surface area contributed by atoms with E-state index in [9.17, 15) is 0 Å². The number of aromatic nitrogens is 4. The summed E-state index contributed by atoms with van der Waals surface area (Å²) in [6.45, 7) is 0. The molecule has 0 saturated carbocycles. The molecule has 0 saturated heterocycles. The Balaban J connectivity index is 1.84. The average Bonchev–Trinajstić information content (AvgIpc) is 2.53. The molecule has 0 aromatic carbocycles. The van der Waals surface area contributed by atoms with Gasteiger partial charge < -0.3 is 11.5 Å². The molecule has 0 unspecified atom stereocenters. The molecule has 0 aliphatic carbocycles. The molecule has 4 N–H and O–H groups in total. The molecule has 0 aliphatic rings. The summed E-state index contributed by atoms with van der Waals surface area (Å²) in [5.41, 5.74) is 13.7. The number of rotatable bonds is 7. The van der Waals surface area contributed by atoms with Crippen molar-refractivity contribution in [2.24, 2.45) is 0 Å². The molecule has 10 heteroatoms. The molecule has 2 aromatic rings. The van der Waals surface area contributed by atoms with Crippen molar-refractivity contribution < 1.29 is 0 Å². The maximum absolute atomic E-state index is 5.92. The minimum atomic E-state index is 0.541. The van der Waals surface area contributed by atoms with Crippen molar-refractivity contribution in [2.45, 2.75) is 21.8 Å². The number of thioether (sulfide) groups is 2. The van der Waals surface area contributed by atoms with Crippen LogP contribution in [0.15, 0.2) is 22.7 Å². The summed E-state index contributed by atoms with van der Waals surface area (Å²) in [6, 6.07) is 0.